The summed E-state index contributed by atoms with van der Waals surface area (Å²) in [7, 11) is 0. The van der Waals surface area contributed by atoms with Crippen LogP contribution in [-0.4, -0.2) is 17.4 Å². The molecule has 5 rings (SSSR count). The van der Waals surface area contributed by atoms with Gasteiger partial charge in [0.1, 0.15) is 0 Å². The Balaban J connectivity index is 2.03. The average molecular weight is 823 g/mol. The highest BCUT2D eigenvalue weighted by atomic mass is 16.6. The average Bonchev–Trinajstić information content (AvgIpc) is 3.79. The summed E-state index contributed by atoms with van der Waals surface area (Å²) in [6.45, 7) is 18.3. The van der Waals surface area contributed by atoms with Gasteiger partial charge in [-0.1, -0.05) is 59.7 Å². The van der Waals surface area contributed by atoms with Gasteiger partial charge in [0.05, 0.1) is 5.57 Å². The van der Waals surface area contributed by atoms with Crippen LogP contribution in [0.3, 0.4) is 0 Å². The van der Waals surface area contributed by atoms with Crippen molar-refractivity contribution < 1.29 is 14.3 Å². The summed E-state index contributed by atoms with van der Waals surface area (Å²) in [6.07, 6.45) is 4.60. The van der Waals surface area contributed by atoms with Crippen molar-refractivity contribution in [2.24, 2.45) is 28.6 Å². The molecule has 3 heteroatoms. The standard InChI is InChI=1S/C62H30O3/c1-7-11-15-18-20-22-24-26-28-30-32-34-38-42-54-53(41-37-33-31-29-27-25-23-21-19-16-12-8-2)59-58-52(40-36-17-13-9-3)51(39-35-14-10-4)56-49-50(63)43-46-60(56,5)55(58)44-47-61(59,6)62(54)48-45-57(64)65-62/h49,55,58-59H,1-4,43-48H2,5-6H3/t55-,58-,59-,60?,61?,62?/m1/s1. The van der Waals surface area contributed by atoms with Crippen LogP contribution in [0.15, 0.2) is 267 Å². The van der Waals surface area contributed by atoms with Gasteiger partial charge < -0.3 is 4.74 Å². The van der Waals surface area contributed by atoms with Gasteiger partial charge in [-0.05, 0) is 229 Å². The SMILES string of the molecule is C=C=C=C=C=C=C=C=C=C=C=C=C=C=C=C1C(=C=C=C=C=C=C=C=C=C=C=C=C=C=C)[C@@H]2[C@@H]3C(=C=C=C=C=C=C)C(=C=C=C=C=C)C4=CC(=O)CCC4(C)[C@@H]3CCC2(C)C12CCC(=O)O2. The highest BCUT2D eigenvalue weighted by Gasteiger charge is 2.72. The van der Waals surface area contributed by atoms with Crippen molar-refractivity contribution in [1.29, 1.82) is 0 Å². The van der Waals surface area contributed by atoms with Crippen LogP contribution < -0.4 is 0 Å². The van der Waals surface area contributed by atoms with Gasteiger partial charge in [-0.3, -0.25) is 9.59 Å². The quantitative estimate of drug-likeness (QED) is 0.181. The number of allylic oxidation sites excluding steroid dienone is 3. The number of carbonyl (C=O) groups is 2. The van der Waals surface area contributed by atoms with E-state index in [1.807, 2.05) is 0 Å². The van der Waals surface area contributed by atoms with E-state index in [9.17, 15) is 9.59 Å². The Labute approximate surface area is 377 Å². The lowest BCUT2D eigenvalue weighted by molar-refractivity contribution is -0.160. The maximum atomic E-state index is 13.3. The number of hydrogen-bond donors (Lipinski definition) is 0. The predicted molar refractivity (Wildman–Crippen MR) is 239 cm³/mol. The zero-order valence-electron chi connectivity index (χ0n) is 35.6. The van der Waals surface area contributed by atoms with Gasteiger partial charge in [-0.2, -0.15) is 0 Å². The fourth-order valence-electron chi connectivity index (χ4n) is 9.01. The normalized spacial score (nSPS) is 22.9. The highest BCUT2D eigenvalue weighted by Crippen LogP contribution is 2.73. The third-order valence-corrected chi connectivity index (χ3v) is 11.5. The molecule has 65 heavy (non-hydrogen) atoms. The molecule has 0 N–H and O–H groups in total. The van der Waals surface area contributed by atoms with E-state index in [0.717, 1.165) is 12.0 Å². The molecule has 1 spiro atoms. The molecule has 1 aliphatic heterocycles. The lowest BCUT2D eigenvalue weighted by Crippen LogP contribution is -2.56. The van der Waals surface area contributed by atoms with Gasteiger partial charge in [0.2, 0.25) is 0 Å². The van der Waals surface area contributed by atoms with Gasteiger partial charge in [0.25, 0.3) is 0 Å². The molecule has 5 aliphatic rings. The van der Waals surface area contributed by atoms with Crippen LogP contribution in [0.5, 0.6) is 0 Å². The third kappa shape index (κ3) is 10.5. The molecule has 3 saturated carbocycles. The summed E-state index contributed by atoms with van der Waals surface area (Å²) in [4.78, 5) is 26.5. The molecule has 4 fully saturated rings. The number of carbonyl (C=O) groups excluding carboxylic acids is 2. The molecule has 1 saturated heterocycles. The zero-order valence-corrected chi connectivity index (χ0v) is 35.6. The molecule has 1 heterocycles. The summed E-state index contributed by atoms with van der Waals surface area (Å²) < 4.78 is 6.49. The number of hydrogen-bond acceptors (Lipinski definition) is 3. The van der Waals surface area contributed by atoms with Gasteiger partial charge in [-0.15, -0.1) is 0 Å². The molecule has 0 amide bonds. The van der Waals surface area contributed by atoms with E-state index >= 15 is 0 Å². The first-order valence-corrected chi connectivity index (χ1v) is 19.8. The van der Waals surface area contributed by atoms with E-state index in [-0.39, 0.29) is 30.0 Å². The smallest absolute Gasteiger partial charge is 0.306 e. The van der Waals surface area contributed by atoms with E-state index in [1.54, 1.807) is 6.08 Å². The minimum absolute atomic E-state index is 0.0133. The fraction of sp³-hybridized carbons (Fsp3) is 0.226. The molecule has 3 nitrogen and oxygen atoms in total. The molecule has 0 bridgehead atoms. The van der Waals surface area contributed by atoms with Crippen LogP contribution in [-0.2, 0) is 14.3 Å². The predicted octanol–water partition coefficient (Wildman–Crippen LogP) is 10.8. The van der Waals surface area contributed by atoms with Crippen LogP contribution in [0.1, 0.15) is 52.4 Å². The van der Waals surface area contributed by atoms with Crippen molar-refractivity contribution in [3.8, 4) is 0 Å². The summed E-state index contributed by atoms with van der Waals surface area (Å²) in [6, 6.07) is 0. The lowest BCUT2D eigenvalue weighted by atomic mass is 9.44. The first-order valence-electron chi connectivity index (χ1n) is 19.8. The van der Waals surface area contributed by atoms with Crippen molar-refractivity contribution in [1.82, 2.24) is 0 Å². The summed E-state index contributed by atoms with van der Waals surface area (Å²) in [5.74, 6) is -1.14. The molecule has 0 aromatic heterocycles. The van der Waals surface area contributed by atoms with E-state index in [0.29, 0.717) is 48.0 Å². The van der Waals surface area contributed by atoms with Crippen molar-refractivity contribution in [2.75, 3.05) is 0 Å². The van der Waals surface area contributed by atoms with Crippen molar-refractivity contribution in [3.05, 3.63) is 267 Å². The molecule has 3 unspecified atom stereocenters. The molecule has 4 aliphatic carbocycles. The topological polar surface area (TPSA) is 43.4 Å². The monoisotopic (exact) mass is 822 g/mol. The van der Waals surface area contributed by atoms with Crippen LogP contribution in [0.4, 0.5) is 0 Å². The van der Waals surface area contributed by atoms with Crippen molar-refractivity contribution >= 4 is 11.8 Å². The first-order chi connectivity index (χ1) is 31.7. The number of esters is 1. The van der Waals surface area contributed by atoms with Crippen LogP contribution in [0, 0.1) is 28.6 Å². The summed E-state index contributed by atoms with van der Waals surface area (Å²) >= 11 is 0. The maximum Gasteiger partial charge on any atom is 0.306 e. The second-order valence-corrected chi connectivity index (χ2v) is 14.6. The van der Waals surface area contributed by atoms with Gasteiger partial charge in [0, 0.05) is 53.2 Å². The number of ketones is 1. The minimum Gasteiger partial charge on any atom is -0.453 e. The van der Waals surface area contributed by atoms with E-state index in [2.05, 4.69) is 246 Å². The third-order valence-electron chi connectivity index (χ3n) is 11.5. The second-order valence-electron chi connectivity index (χ2n) is 14.6. The van der Waals surface area contributed by atoms with Crippen LogP contribution in [0.25, 0.3) is 0 Å². The fourth-order valence-corrected chi connectivity index (χ4v) is 9.01. The van der Waals surface area contributed by atoms with E-state index in [4.69, 9.17) is 4.74 Å². The van der Waals surface area contributed by atoms with Crippen LogP contribution in [0.2, 0.25) is 0 Å². The minimum atomic E-state index is -1.16. The maximum absolute atomic E-state index is 13.3. The Hall–Kier alpha value is -10.1. The highest BCUT2D eigenvalue weighted by molar-refractivity contribution is 5.93. The van der Waals surface area contributed by atoms with Crippen molar-refractivity contribution in [2.45, 2.75) is 58.0 Å². The lowest BCUT2D eigenvalue weighted by Gasteiger charge is -2.58. The number of ether oxygens (including phenoxy) is 1. The number of fused-ring (bicyclic) bond motifs is 6. The van der Waals surface area contributed by atoms with Crippen LogP contribution >= 0.6 is 0 Å². The largest absolute Gasteiger partial charge is 0.453 e. The Bertz CT molecular complexity index is 3830. The zero-order chi connectivity index (χ0) is 46.4. The van der Waals surface area contributed by atoms with Gasteiger partial charge in [-0.25, -0.2) is 0 Å². The Kier molecular flexibility index (Phi) is 15.9. The molecule has 0 radical (unpaired) electrons. The number of rotatable bonds is 0. The van der Waals surface area contributed by atoms with Gasteiger partial charge >= 0.3 is 5.97 Å². The molecule has 0 aromatic rings. The molecule has 0 aromatic carbocycles. The Morgan fingerprint density at radius 3 is 1.43 bits per heavy atom. The first kappa shape index (κ1) is 46.0. The second kappa shape index (κ2) is 22.5. The van der Waals surface area contributed by atoms with E-state index in [1.165, 1.54) is 0 Å². The molecular formula is C62H30O3. The summed E-state index contributed by atoms with van der Waals surface area (Å²) in [5.41, 5.74) is 99.2. The van der Waals surface area contributed by atoms with E-state index < -0.39 is 22.3 Å². The Morgan fingerprint density at radius 1 is 0.508 bits per heavy atom. The Morgan fingerprint density at radius 2 is 0.938 bits per heavy atom. The summed E-state index contributed by atoms with van der Waals surface area (Å²) in [5, 5.41) is 0. The van der Waals surface area contributed by atoms with Gasteiger partial charge in [0.15, 0.2) is 11.4 Å². The van der Waals surface area contributed by atoms with Crippen molar-refractivity contribution in [3.63, 3.8) is 0 Å². The molecule has 296 valence electrons. The molecular weight excluding hydrogens is 793 g/mol. The molecule has 6 atom stereocenters.